The zero-order valence-electron chi connectivity index (χ0n) is 34.2. The second-order valence-corrected chi connectivity index (χ2v) is 15.4. The van der Waals surface area contributed by atoms with Crippen molar-refractivity contribution in [3.05, 3.63) is 138 Å². The third-order valence-electron chi connectivity index (χ3n) is 10.0. The van der Waals surface area contributed by atoms with Crippen molar-refractivity contribution in [3.8, 4) is 16.9 Å². The van der Waals surface area contributed by atoms with Crippen molar-refractivity contribution in [2.24, 2.45) is 0 Å². The molecule has 10 nitrogen and oxygen atoms in total. The summed E-state index contributed by atoms with van der Waals surface area (Å²) in [6.07, 6.45) is -1.12. The van der Waals surface area contributed by atoms with Crippen LogP contribution in [0, 0.1) is 0 Å². The van der Waals surface area contributed by atoms with Gasteiger partial charge in [0.15, 0.2) is 6.29 Å². The summed E-state index contributed by atoms with van der Waals surface area (Å²) in [6.45, 7) is 11.1. The molecule has 0 unspecified atom stereocenters. The van der Waals surface area contributed by atoms with E-state index in [1.807, 2.05) is 126 Å². The number of carbonyl (C=O) groups excluding carboxylic acids is 3. The summed E-state index contributed by atoms with van der Waals surface area (Å²) in [5.74, 6) is -0.0491. The van der Waals surface area contributed by atoms with Gasteiger partial charge >= 0.3 is 6.09 Å². The van der Waals surface area contributed by atoms with Crippen LogP contribution < -0.4 is 15.4 Å². The van der Waals surface area contributed by atoms with Gasteiger partial charge in [-0.25, -0.2) is 4.79 Å². The molecule has 304 valence electrons. The normalized spacial score (nSPS) is 12.8. The highest BCUT2D eigenvalue weighted by molar-refractivity contribution is 5.89. The molecule has 0 heterocycles. The number of carbonyl (C=O) groups is 3. The first-order chi connectivity index (χ1) is 28.0. The summed E-state index contributed by atoms with van der Waals surface area (Å²) in [6, 6.07) is 37.0. The fraction of sp³-hybridized carbons (Fsp3) is 0.354. The molecule has 0 saturated heterocycles. The molecular formula is C48H55N3O7. The van der Waals surface area contributed by atoms with Crippen LogP contribution in [0.25, 0.3) is 21.9 Å². The lowest BCUT2D eigenvalue weighted by atomic mass is 9.98. The van der Waals surface area contributed by atoms with Gasteiger partial charge in [0.1, 0.15) is 24.0 Å². The zero-order chi connectivity index (χ0) is 41.1. The highest BCUT2D eigenvalue weighted by Gasteiger charge is 2.31. The maximum Gasteiger partial charge on any atom is 0.407 e. The number of nitrogens with zero attached hydrogens (tertiary/aromatic N) is 1. The molecule has 0 fully saturated rings. The molecule has 2 N–H and O–H groups in total. The summed E-state index contributed by atoms with van der Waals surface area (Å²) in [7, 11) is 0. The Kier molecular flexibility index (Phi) is 14.2. The summed E-state index contributed by atoms with van der Waals surface area (Å²) >= 11 is 0. The van der Waals surface area contributed by atoms with Gasteiger partial charge in [-0.15, -0.1) is 0 Å². The molecule has 1 aliphatic carbocycles. The summed E-state index contributed by atoms with van der Waals surface area (Å²) in [5.41, 5.74) is 5.94. The third kappa shape index (κ3) is 11.0. The molecular weight excluding hydrogens is 731 g/mol. The minimum Gasteiger partial charge on any atom is -0.488 e. The summed E-state index contributed by atoms with van der Waals surface area (Å²) in [5, 5.41) is 7.81. The quantitative estimate of drug-likeness (QED) is 0.0858. The van der Waals surface area contributed by atoms with Crippen molar-refractivity contribution in [1.82, 2.24) is 15.5 Å². The van der Waals surface area contributed by atoms with Crippen LogP contribution in [-0.4, -0.2) is 73.7 Å². The highest BCUT2D eigenvalue weighted by Crippen LogP contribution is 2.44. The average molecular weight is 786 g/mol. The predicted molar refractivity (Wildman–Crippen MR) is 227 cm³/mol. The van der Waals surface area contributed by atoms with Crippen LogP contribution in [0.5, 0.6) is 5.75 Å². The van der Waals surface area contributed by atoms with E-state index < -0.39 is 18.4 Å². The molecule has 0 spiro atoms. The molecule has 0 radical (unpaired) electrons. The maximum atomic E-state index is 14.8. The number of benzene rings is 5. The Hall–Kier alpha value is -5.71. The number of rotatable bonds is 18. The van der Waals surface area contributed by atoms with Crippen LogP contribution in [-0.2, 0) is 36.8 Å². The molecule has 58 heavy (non-hydrogen) atoms. The van der Waals surface area contributed by atoms with Crippen molar-refractivity contribution in [2.75, 3.05) is 32.9 Å². The van der Waals surface area contributed by atoms with Crippen molar-refractivity contribution >= 4 is 28.7 Å². The lowest BCUT2D eigenvalue weighted by Crippen LogP contribution is -2.52. The molecule has 1 aliphatic rings. The SMILES string of the molecule is CCOC(CN(Cc1cccc2ccccc12)C(=O)[C@H](Cc1ccc(OC(C)(C)C)cc1)NC(=O)CCNC(=O)OCC1c2ccccc2-c2ccccc21)OCC. The van der Waals surface area contributed by atoms with Gasteiger partial charge < -0.3 is 34.5 Å². The van der Waals surface area contributed by atoms with E-state index in [2.05, 4.69) is 34.9 Å². The molecule has 1 atom stereocenters. The number of fused-ring (bicyclic) bond motifs is 4. The summed E-state index contributed by atoms with van der Waals surface area (Å²) in [4.78, 5) is 43.0. The lowest BCUT2D eigenvalue weighted by molar-refractivity contribution is -0.161. The zero-order valence-corrected chi connectivity index (χ0v) is 34.2. The second kappa shape index (κ2) is 19.6. The van der Waals surface area contributed by atoms with Crippen LogP contribution in [0.4, 0.5) is 4.79 Å². The number of hydrogen-bond acceptors (Lipinski definition) is 7. The van der Waals surface area contributed by atoms with Gasteiger partial charge in [-0.1, -0.05) is 103 Å². The van der Waals surface area contributed by atoms with Gasteiger partial charge in [0.25, 0.3) is 0 Å². The van der Waals surface area contributed by atoms with Gasteiger partial charge in [-0.3, -0.25) is 9.59 Å². The molecule has 5 aromatic carbocycles. The van der Waals surface area contributed by atoms with E-state index in [1.54, 1.807) is 4.90 Å². The average Bonchev–Trinajstić information content (AvgIpc) is 3.53. The van der Waals surface area contributed by atoms with E-state index in [-0.39, 0.29) is 62.4 Å². The Balaban J connectivity index is 1.16. The van der Waals surface area contributed by atoms with Gasteiger partial charge in [-0.05, 0) is 90.9 Å². The highest BCUT2D eigenvalue weighted by atomic mass is 16.7. The fourth-order valence-electron chi connectivity index (χ4n) is 7.47. The first-order valence-electron chi connectivity index (χ1n) is 20.2. The first-order valence-corrected chi connectivity index (χ1v) is 20.2. The van der Waals surface area contributed by atoms with Crippen molar-refractivity contribution in [2.45, 2.75) is 77.9 Å². The third-order valence-corrected chi connectivity index (χ3v) is 10.0. The predicted octanol–water partition coefficient (Wildman–Crippen LogP) is 8.40. The van der Waals surface area contributed by atoms with E-state index in [9.17, 15) is 14.4 Å². The van der Waals surface area contributed by atoms with Gasteiger partial charge in [-0.2, -0.15) is 0 Å². The van der Waals surface area contributed by atoms with Crippen LogP contribution in [0.3, 0.4) is 0 Å². The van der Waals surface area contributed by atoms with E-state index in [1.165, 1.54) is 0 Å². The van der Waals surface area contributed by atoms with Crippen LogP contribution in [0.15, 0.2) is 115 Å². The molecule has 0 saturated carbocycles. The molecule has 6 rings (SSSR count). The monoisotopic (exact) mass is 785 g/mol. The number of ether oxygens (including phenoxy) is 4. The standard InChI is InChI=1S/C48H55N3O7/c1-6-55-45(56-7-2)31-51(30-35-17-14-16-34-15-8-9-18-37(34)35)46(53)43(29-33-23-25-36(26-24-33)58-48(3,4)5)50-44(52)27-28-49-47(54)57-32-42-40-21-12-10-19-38(40)39-20-11-13-22-41(39)42/h8-26,42-43,45H,6-7,27-32H2,1-5H3,(H,49,54)(H,50,52)/t43-/m0/s1. The Morgan fingerprint density at radius 2 is 1.38 bits per heavy atom. The number of hydrogen-bond donors (Lipinski definition) is 2. The molecule has 0 aliphatic heterocycles. The molecule has 10 heteroatoms. The fourth-order valence-corrected chi connectivity index (χ4v) is 7.47. The number of nitrogens with one attached hydrogen (secondary N) is 2. The Morgan fingerprint density at radius 3 is 2.03 bits per heavy atom. The van der Waals surface area contributed by atoms with E-state index in [0.717, 1.165) is 44.2 Å². The van der Waals surface area contributed by atoms with E-state index >= 15 is 0 Å². The molecule has 5 aromatic rings. The molecule has 0 aromatic heterocycles. The van der Waals surface area contributed by atoms with E-state index in [4.69, 9.17) is 18.9 Å². The van der Waals surface area contributed by atoms with Crippen LogP contribution in [0.2, 0.25) is 0 Å². The van der Waals surface area contributed by atoms with Crippen LogP contribution in [0.1, 0.15) is 69.2 Å². The Bertz CT molecular complexity index is 2110. The van der Waals surface area contributed by atoms with Crippen molar-refractivity contribution in [3.63, 3.8) is 0 Å². The summed E-state index contributed by atoms with van der Waals surface area (Å²) < 4.78 is 23.5. The Labute approximate surface area is 341 Å². The topological polar surface area (TPSA) is 115 Å². The lowest BCUT2D eigenvalue weighted by Gasteiger charge is -2.31. The largest absolute Gasteiger partial charge is 0.488 e. The van der Waals surface area contributed by atoms with Gasteiger partial charge in [0.2, 0.25) is 11.8 Å². The number of alkyl carbamates (subject to hydrolysis) is 1. The van der Waals surface area contributed by atoms with Crippen molar-refractivity contribution < 1.29 is 33.3 Å². The number of amides is 3. The van der Waals surface area contributed by atoms with E-state index in [0.29, 0.717) is 19.0 Å². The maximum absolute atomic E-state index is 14.8. The molecule has 0 bridgehead atoms. The van der Waals surface area contributed by atoms with Crippen molar-refractivity contribution in [1.29, 1.82) is 0 Å². The Morgan fingerprint density at radius 1 is 0.759 bits per heavy atom. The smallest absolute Gasteiger partial charge is 0.407 e. The van der Waals surface area contributed by atoms with Crippen LogP contribution >= 0.6 is 0 Å². The minimum absolute atomic E-state index is 0.0265. The first kappa shape index (κ1) is 41.9. The van der Waals surface area contributed by atoms with Gasteiger partial charge in [0.05, 0.1) is 6.54 Å². The minimum atomic E-state index is -0.935. The second-order valence-electron chi connectivity index (χ2n) is 15.4. The van der Waals surface area contributed by atoms with Gasteiger partial charge in [0, 0.05) is 45.1 Å². The molecule has 3 amide bonds.